The molecule has 7 aromatic rings. The number of benzene rings is 4. The zero-order valence-corrected chi connectivity index (χ0v) is 37.1. The first-order chi connectivity index (χ1) is 31.2. The number of fused-ring (bicyclic) bond motifs is 1. The number of ether oxygens (including phenoxy) is 5. The molecular formula is C48H46ClFN6O7S. The summed E-state index contributed by atoms with van der Waals surface area (Å²) < 4.78 is 45.0. The van der Waals surface area contributed by atoms with Gasteiger partial charge in [0.2, 0.25) is 12.0 Å². The number of rotatable bonds is 18. The van der Waals surface area contributed by atoms with Gasteiger partial charge in [0.05, 0.1) is 30.4 Å². The summed E-state index contributed by atoms with van der Waals surface area (Å²) in [6.45, 7) is 7.31. The van der Waals surface area contributed by atoms with E-state index in [1.54, 1.807) is 55.8 Å². The van der Waals surface area contributed by atoms with Crippen molar-refractivity contribution in [3.8, 4) is 61.8 Å². The molecule has 0 amide bonds. The normalized spacial score (nSPS) is 13.7. The van der Waals surface area contributed by atoms with E-state index >= 15 is 0 Å². The Morgan fingerprint density at radius 1 is 0.875 bits per heavy atom. The summed E-state index contributed by atoms with van der Waals surface area (Å²) in [6, 6.07) is 26.2. The maximum absolute atomic E-state index is 14.3. The molecule has 0 bridgehead atoms. The van der Waals surface area contributed by atoms with Crippen molar-refractivity contribution in [1.82, 2.24) is 29.7 Å². The summed E-state index contributed by atoms with van der Waals surface area (Å²) in [6.07, 6.45) is 1.50. The predicted octanol–water partition coefficient (Wildman–Crippen LogP) is 8.96. The molecule has 330 valence electrons. The molecule has 13 nitrogen and oxygen atoms in total. The van der Waals surface area contributed by atoms with E-state index in [2.05, 4.69) is 31.8 Å². The van der Waals surface area contributed by atoms with Crippen molar-refractivity contribution in [2.45, 2.75) is 26.1 Å². The summed E-state index contributed by atoms with van der Waals surface area (Å²) in [5, 5.41) is 11.4. The minimum atomic E-state index is -1.41. The van der Waals surface area contributed by atoms with Gasteiger partial charge in [0.1, 0.15) is 58.2 Å². The molecule has 8 rings (SSSR count). The van der Waals surface area contributed by atoms with Crippen LogP contribution < -0.4 is 23.7 Å². The van der Waals surface area contributed by atoms with Crippen LogP contribution in [0.15, 0.2) is 104 Å². The molecule has 4 aromatic carbocycles. The number of halogens is 2. The Hall–Kier alpha value is -6.39. The van der Waals surface area contributed by atoms with Gasteiger partial charge in [-0.25, -0.2) is 29.1 Å². The van der Waals surface area contributed by atoms with E-state index in [4.69, 9.17) is 40.3 Å². The number of hydrogen-bond acceptors (Lipinski definition) is 13. The average Bonchev–Trinajstić information content (AvgIpc) is 3.71. The Bertz CT molecular complexity index is 2730. The molecule has 16 heteroatoms. The van der Waals surface area contributed by atoms with E-state index in [1.807, 2.05) is 43.3 Å². The standard InChI is InChI=1S/C48H46ClFN6O7S/c1-4-60-43-35(17-18-38(42(43)49)61-26-25-56-23-21-55(2)22-24-56)40-41-46(52-29-53-47(41)64-44(40)30-13-15-32(50)16-14-30)63-39(48(57)58)27-31-9-5-7-11-36(31)62-28-33-19-20-51-45(54-33)34-10-6-8-12-37(34)59-3/h5-20,29,39H,4,21-28H2,1-3H3,(H,57,58)/t39-/m1/s1. The van der Waals surface area contributed by atoms with Crippen LogP contribution in [0.5, 0.6) is 28.9 Å². The highest BCUT2D eigenvalue weighted by atomic mass is 35.5. The van der Waals surface area contributed by atoms with Gasteiger partial charge >= 0.3 is 5.97 Å². The molecular weight excluding hydrogens is 859 g/mol. The molecule has 1 fully saturated rings. The first-order valence-electron chi connectivity index (χ1n) is 20.8. The van der Waals surface area contributed by atoms with Gasteiger partial charge in [-0.3, -0.25) is 4.90 Å². The van der Waals surface area contributed by atoms with E-state index in [9.17, 15) is 14.3 Å². The van der Waals surface area contributed by atoms with Gasteiger partial charge in [-0.05, 0) is 73.6 Å². The molecule has 0 unspecified atom stereocenters. The lowest BCUT2D eigenvalue weighted by molar-refractivity contribution is -0.145. The highest BCUT2D eigenvalue weighted by Gasteiger charge is 2.29. The van der Waals surface area contributed by atoms with Crippen molar-refractivity contribution in [1.29, 1.82) is 0 Å². The average molecular weight is 905 g/mol. The number of likely N-dealkylation sites (N-methyl/N-ethyl adjacent to an activating group) is 1. The highest BCUT2D eigenvalue weighted by Crippen LogP contribution is 2.52. The number of thiophene rings is 1. The first kappa shape index (κ1) is 44.2. The molecule has 0 radical (unpaired) electrons. The van der Waals surface area contributed by atoms with Gasteiger partial charge in [-0.2, -0.15) is 0 Å². The molecule has 1 saturated heterocycles. The smallest absolute Gasteiger partial charge is 0.345 e. The Balaban J connectivity index is 1.11. The fourth-order valence-corrected chi connectivity index (χ4v) is 8.89. The van der Waals surface area contributed by atoms with Crippen LogP contribution >= 0.6 is 22.9 Å². The topological polar surface area (TPSA) is 141 Å². The number of methoxy groups -OCH3 is 1. The molecule has 3 aromatic heterocycles. The Kier molecular flexibility index (Phi) is 14.1. The SMILES string of the molecule is CCOc1c(-c2c(-c3ccc(F)cc3)sc3ncnc(O[C@H](Cc4ccccc4OCc4ccnc(-c5ccccc5OC)n4)C(=O)O)c23)ccc(OCCN2CCN(C)CC2)c1Cl. The third kappa shape index (κ3) is 10.0. The number of nitrogens with zero attached hydrogens (tertiary/aromatic N) is 6. The molecule has 0 aliphatic carbocycles. The van der Waals surface area contributed by atoms with E-state index in [-0.39, 0.29) is 30.5 Å². The van der Waals surface area contributed by atoms with E-state index in [1.165, 1.54) is 29.8 Å². The van der Waals surface area contributed by atoms with Gasteiger partial charge in [-0.1, -0.05) is 54.1 Å². The second-order valence-corrected chi connectivity index (χ2v) is 16.3. The maximum Gasteiger partial charge on any atom is 0.345 e. The third-order valence-corrected chi connectivity index (χ3v) is 12.3. The molecule has 0 spiro atoms. The van der Waals surface area contributed by atoms with E-state index in [0.717, 1.165) is 38.3 Å². The summed E-state index contributed by atoms with van der Waals surface area (Å²) in [7, 11) is 3.71. The molecule has 64 heavy (non-hydrogen) atoms. The van der Waals surface area contributed by atoms with Gasteiger partial charge < -0.3 is 33.7 Å². The molecule has 4 heterocycles. The Morgan fingerprint density at radius 3 is 2.41 bits per heavy atom. The Labute approximate surface area is 379 Å². The van der Waals surface area contributed by atoms with Crippen molar-refractivity contribution in [2.24, 2.45) is 0 Å². The van der Waals surface area contributed by atoms with Crippen LogP contribution in [0.3, 0.4) is 0 Å². The number of aromatic nitrogens is 4. The lowest BCUT2D eigenvalue weighted by atomic mass is 9.98. The number of carboxylic acid groups (broad SMARTS) is 1. The van der Waals surface area contributed by atoms with Crippen LogP contribution in [-0.4, -0.2) is 107 Å². The van der Waals surface area contributed by atoms with Crippen molar-refractivity contribution >= 4 is 39.1 Å². The molecule has 1 aliphatic rings. The second kappa shape index (κ2) is 20.4. The molecule has 1 N–H and O–H groups in total. The quantitative estimate of drug-likeness (QED) is 0.0877. The number of aliphatic carboxylic acids is 1. The van der Waals surface area contributed by atoms with Crippen molar-refractivity contribution in [2.75, 3.05) is 60.1 Å². The lowest BCUT2D eigenvalue weighted by Gasteiger charge is -2.32. The minimum absolute atomic E-state index is 0.0336. The summed E-state index contributed by atoms with van der Waals surface area (Å²) in [5.41, 5.74) is 3.79. The molecule has 0 saturated carbocycles. The van der Waals surface area contributed by atoms with Crippen LogP contribution in [0.2, 0.25) is 5.02 Å². The van der Waals surface area contributed by atoms with E-state index in [0.29, 0.717) is 78.5 Å². The first-order valence-corrected chi connectivity index (χ1v) is 22.0. The minimum Gasteiger partial charge on any atom is -0.496 e. The molecule has 1 aliphatic heterocycles. The largest absolute Gasteiger partial charge is 0.496 e. The van der Waals surface area contributed by atoms with Crippen LogP contribution in [0.1, 0.15) is 18.2 Å². The predicted molar refractivity (Wildman–Crippen MR) is 244 cm³/mol. The second-order valence-electron chi connectivity index (χ2n) is 15.0. The fourth-order valence-electron chi connectivity index (χ4n) is 7.46. The van der Waals surface area contributed by atoms with Gasteiger partial charge in [0.25, 0.3) is 0 Å². The highest BCUT2D eigenvalue weighted by molar-refractivity contribution is 7.22. The van der Waals surface area contributed by atoms with Gasteiger partial charge in [0.15, 0.2) is 5.82 Å². The van der Waals surface area contributed by atoms with Crippen molar-refractivity contribution in [3.63, 3.8) is 0 Å². The summed E-state index contributed by atoms with van der Waals surface area (Å²) >= 11 is 8.45. The van der Waals surface area contributed by atoms with Gasteiger partial charge in [0, 0.05) is 61.3 Å². The lowest BCUT2D eigenvalue weighted by Crippen LogP contribution is -2.45. The fraction of sp³-hybridized carbons (Fsp3) is 0.271. The third-order valence-electron chi connectivity index (χ3n) is 10.8. The summed E-state index contributed by atoms with van der Waals surface area (Å²) in [5.74, 6) is 0.821. The van der Waals surface area contributed by atoms with Crippen LogP contribution in [-0.2, 0) is 17.8 Å². The zero-order chi connectivity index (χ0) is 44.6. The molecule has 1 atom stereocenters. The number of hydrogen-bond donors (Lipinski definition) is 1. The zero-order valence-electron chi connectivity index (χ0n) is 35.5. The number of para-hydroxylation sites is 2. The number of carbonyl (C=O) groups is 1. The van der Waals surface area contributed by atoms with Crippen molar-refractivity contribution in [3.05, 3.63) is 126 Å². The van der Waals surface area contributed by atoms with Crippen LogP contribution in [0.4, 0.5) is 4.39 Å². The van der Waals surface area contributed by atoms with Crippen LogP contribution in [0, 0.1) is 5.82 Å². The Morgan fingerprint density at radius 2 is 1.64 bits per heavy atom. The van der Waals surface area contributed by atoms with E-state index < -0.39 is 17.9 Å². The number of piperazine rings is 1. The van der Waals surface area contributed by atoms with Crippen LogP contribution in [0.25, 0.3) is 43.2 Å². The summed E-state index contributed by atoms with van der Waals surface area (Å²) in [4.78, 5) is 37.2. The maximum atomic E-state index is 14.3. The van der Waals surface area contributed by atoms with Gasteiger partial charge in [-0.15, -0.1) is 11.3 Å². The number of carboxylic acids is 1. The van der Waals surface area contributed by atoms with Crippen molar-refractivity contribution < 1.29 is 38.0 Å². The monoisotopic (exact) mass is 904 g/mol.